The maximum atomic E-state index is 10.6. The van der Waals surface area contributed by atoms with E-state index in [4.69, 9.17) is 5.11 Å². The van der Waals surface area contributed by atoms with Gasteiger partial charge in [-0.15, -0.1) is 11.3 Å². The first-order valence-electron chi connectivity index (χ1n) is 4.07. The van der Waals surface area contributed by atoms with Crippen molar-refractivity contribution in [1.29, 1.82) is 0 Å². The number of aromatic carboxylic acids is 1. The Morgan fingerprint density at radius 3 is 3.00 bits per heavy atom. The van der Waals surface area contributed by atoms with Crippen LogP contribution in [-0.2, 0) is 13.0 Å². The summed E-state index contributed by atoms with van der Waals surface area (Å²) in [5.41, 5.74) is 0.973. The number of hydrogen-bond donors (Lipinski definition) is 1. The van der Waals surface area contributed by atoms with Crippen molar-refractivity contribution in [2.24, 2.45) is 0 Å². The minimum absolute atomic E-state index is 0. The summed E-state index contributed by atoms with van der Waals surface area (Å²) in [5, 5.41) is 8.96. The Bertz CT molecular complexity index is 353. The average molecular weight is 221 g/mol. The smallest absolute Gasteiger partial charge is 0.365 e. The number of thiazole rings is 1. The molecule has 1 aliphatic heterocycles. The molecule has 0 saturated heterocycles. The summed E-state index contributed by atoms with van der Waals surface area (Å²) in [6.07, 6.45) is 0.871. The van der Waals surface area contributed by atoms with E-state index in [1.165, 1.54) is 11.3 Å². The van der Waals surface area contributed by atoms with Gasteiger partial charge in [0.25, 0.3) is 0 Å². The number of carbonyl (C=O) groups is 1. The molecule has 6 heteroatoms. The Balaban J connectivity index is 0.000000980. The van der Waals surface area contributed by atoms with E-state index >= 15 is 0 Å². The summed E-state index contributed by atoms with van der Waals surface area (Å²) < 4.78 is 0. The number of fused-ring (bicyclic) bond motifs is 1. The molecular weight excluding hydrogens is 211 g/mol. The number of carboxylic acids is 1. The van der Waals surface area contributed by atoms with E-state index in [1.54, 1.807) is 0 Å². The Hall–Kier alpha value is 0.0600. The molecule has 1 N–H and O–H groups in total. The fourth-order valence-electron chi connectivity index (χ4n) is 1.41. The van der Waals surface area contributed by atoms with Gasteiger partial charge in [-0.25, -0.2) is 9.78 Å². The molecular formula is C8H10N2NaO2S. The van der Waals surface area contributed by atoms with E-state index in [1.807, 2.05) is 7.05 Å². The number of rotatable bonds is 1. The van der Waals surface area contributed by atoms with E-state index in [0.29, 0.717) is 0 Å². The van der Waals surface area contributed by atoms with Gasteiger partial charge in [-0.2, -0.15) is 0 Å². The minimum Gasteiger partial charge on any atom is -0.476 e. The second kappa shape index (κ2) is 4.72. The first-order chi connectivity index (χ1) is 6.16. The quantitative estimate of drug-likeness (QED) is 0.699. The van der Waals surface area contributed by atoms with E-state index in [-0.39, 0.29) is 34.6 Å². The van der Waals surface area contributed by atoms with E-state index < -0.39 is 5.97 Å². The van der Waals surface area contributed by atoms with Gasteiger partial charge >= 0.3 is 5.97 Å². The van der Waals surface area contributed by atoms with Crippen LogP contribution < -0.4 is 0 Å². The summed E-state index contributed by atoms with van der Waals surface area (Å²) in [7, 11) is 2.03. The van der Waals surface area contributed by atoms with Gasteiger partial charge in [0.15, 0.2) is 0 Å². The molecule has 0 amide bonds. The zero-order chi connectivity index (χ0) is 9.42. The molecule has 0 bridgehead atoms. The van der Waals surface area contributed by atoms with E-state index in [0.717, 1.165) is 30.1 Å². The van der Waals surface area contributed by atoms with Crippen molar-refractivity contribution in [2.75, 3.05) is 13.6 Å². The van der Waals surface area contributed by atoms with Crippen LogP contribution in [0.2, 0.25) is 0 Å². The molecule has 0 aliphatic carbocycles. The van der Waals surface area contributed by atoms with Gasteiger partial charge in [-0.3, -0.25) is 0 Å². The molecule has 71 valence electrons. The standard InChI is InChI=1S/C8H10N2O2S.Na/c1-10-3-2-5-6(4-10)13-7(9-5)8(11)12;/h2-4H2,1H3,(H,11,12);. The van der Waals surface area contributed by atoms with E-state index in [2.05, 4.69) is 9.88 Å². The summed E-state index contributed by atoms with van der Waals surface area (Å²) in [5.74, 6) is -0.915. The summed E-state index contributed by atoms with van der Waals surface area (Å²) in [6, 6.07) is 0. The molecule has 1 aliphatic rings. The van der Waals surface area contributed by atoms with Gasteiger partial charge in [0.05, 0.1) is 5.69 Å². The van der Waals surface area contributed by atoms with Crippen molar-refractivity contribution in [3.05, 3.63) is 15.6 Å². The van der Waals surface area contributed by atoms with Crippen molar-refractivity contribution in [3.63, 3.8) is 0 Å². The zero-order valence-corrected chi connectivity index (χ0v) is 11.1. The first kappa shape index (κ1) is 12.1. The Kier molecular flexibility index (Phi) is 4.09. The molecule has 0 aromatic carbocycles. The molecule has 0 atom stereocenters. The van der Waals surface area contributed by atoms with Crippen LogP contribution in [0.25, 0.3) is 0 Å². The predicted molar refractivity (Wildman–Crippen MR) is 54.9 cm³/mol. The molecule has 0 fully saturated rings. The molecule has 1 radical (unpaired) electrons. The number of aromatic nitrogens is 1. The van der Waals surface area contributed by atoms with Crippen LogP contribution in [0.4, 0.5) is 0 Å². The fourth-order valence-corrected chi connectivity index (χ4v) is 2.44. The van der Waals surface area contributed by atoms with Crippen LogP contribution in [0.15, 0.2) is 0 Å². The summed E-state index contributed by atoms with van der Waals surface area (Å²) >= 11 is 1.29. The number of nitrogens with zero attached hydrogens (tertiary/aromatic N) is 2. The molecule has 0 saturated carbocycles. The van der Waals surface area contributed by atoms with Crippen LogP contribution in [0.3, 0.4) is 0 Å². The fraction of sp³-hybridized carbons (Fsp3) is 0.500. The monoisotopic (exact) mass is 221 g/mol. The van der Waals surface area contributed by atoms with Gasteiger partial charge in [0.1, 0.15) is 0 Å². The summed E-state index contributed by atoms with van der Waals surface area (Å²) in [4.78, 5) is 18.0. The van der Waals surface area contributed by atoms with Crippen LogP contribution in [0, 0.1) is 0 Å². The molecule has 2 heterocycles. The summed E-state index contributed by atoms with van der Waals surface area (Å²) in [6.45, 7) is 1.80. The molecule has 2 rings (SSSR count). The first-order valence-corrected chi connectivity index (χ1v) is 4.89. The Morgan fingerprint density at radius 1 is 1.64 bits per heavy atom. The third-order valence-corrected chi connectivity index (χ3v) is 3.18. The van der Waals surface area contributed by atoms with Crippen LogP contribution in [0.1, 0.15) is 20.4 Å². The molecule has 1 aromatic rings. The van der Waals surface area contributed by atoms with Crippen molar-refractivity contribution in [2.45, 2.75) is 13.0 Å². The van der Waals surface area contributed by atoms with Gasteiger partial charge in [-0.05, 0) is 7.05 Å². The van der Waals surface area contributed by atoms with Crippen molar-refractivity contribution in [3.8, 4) is 0 Å². The van der Waals surface area contributed by atoms with Crippen LogP contribution >= 0.6 is 11.3 Å². The van der Waals surface area contributed by atoms with Gasteiger partial charge < -0.3 is 10.0 Å². The van der Waals surface area contributed by atoms with Crippen molar-refractivity contribution >= 4 is 46.9 Å². The molecule has 14 heavy (non-hydrogen) atoms. The number of carboxylic acid groups (broad SMARTS) is 1. The second-order valence-corrected chi connectivity index (χ2v) is 4.27. The predicted octanol–water partition coefficient (Wildman–Crippen LogP) is 0.448. The molecule has 0 spiro atoms. The van der Waals surface area contributed by atoms with Crippen molar-refractivity contribution in [1.82, 2.24) is 9.88 Å². The minimum atomic E-state index is -0.915. The second-order valence-electron chi connectivity index (χ2n) is 3.18. The Morgan fingerprint density at radius 2 is 2.36 bits per heavy atom. The SMILES string of the molecule is CN1CCc2nc(C(=O)O)sc2C1.[Na]. The van der Waals surface area contributed by atoms with Crippen molar-refractivity contribution < 1.29 is 9.90 Å². The third kappa shape index (κ3) is 2.35. The maximum absolute atomic E-state index is 10.6. The zero-order valence-electron chi connectivity index (χ0n) is 8.28. The van der Waals surface area contributed by atoms with Gasteiger partial charge in [-0.1, -0.05) is 0 Å². The van der Waals surface area contributed by atoms with Gasteiger partial charge in [0, 0.05) is 53.9 Å². The van der Waals surface area contributed by atoms with E-state index in [9.17, 15) is 4.79 Å². The third-order valence-electron chi connectivity index (χ3n) is 2.11. The average Bonchev–Trinajstić information content (AvgIpc) is 2.46. The molecule has 0 unspecified atom stereocenters. The topological polar surface area (TPSA) is 53.4 Å². The number of likely N-dealkylation sites (N-methyl/N-ethyl adjacent to an activating group) is 1. The molecule has 1 aromatic heterocycles. The van der Waals surface area contributed by atoms with Crippen LogP contribution in [-0.4, -0.2) is 64.1 Å². The normalized spacial score (nSPS) is 15.8. The molecule has 4 nitrogen and oxygen atoms in total. The van der Waals surface area contributed by atoms with Gasteiger partial charge in [0.2, 0.25) is 5.01 Å². The Labute approximate surface area is 108 Å². The maximum Gasteiger partial charge on any atom is 0.365 e. The number of hydrogen-bond acceptors (Lipinski definition) is 4. The largest absolute Gasteiger partial charge is 0.476 e. The van der Waals surface area contributed by atoms with Crippen LogP contribution in [0.5, 0.6) is 0 Å².